The van der Waals surface area contributed by atoms with Crippen LogP contribution in [0.3, 0.4) is 0 Å². The maximum absolute atomic E-state index is 12.5. The van der Waals surface area contributed by atoms with Gasteiger partial charge in [0.1, 0.15) is 11.5 Å². The molecule has 0 saturated heterocycles. The molecule has 1 aromatic carbocycles. The zero-order valence-electron chi connectivity index (χ0n) is 15.2. The molecule has 2 aromatic heterocycles. The first-order chi connectivity index (χ1) is 14.4. The van der Waals surface area contributed by atoms with E-state index >= 15 is 0 Å². The van der Waals surface area contributed by atoms with Crippen LogP contribution in [0.25, 0.3) is 11.5 Å². The molecule has 1 atom stereocenters. The lowest BCUT2D eigenvalue weighted by Gasteiger charge is -2.21. The number of nitrogens with zero attached hydrogens (tertiary/aromatic N) is 4. The fraction of sp³-hybridized carbons (Fsp3) is 0.263. The Morgan fingerprint density at radius 2 is 2.00 bits per heavy atom. The number of hydrogen-bond acceptors (Lipinski definition) is 8. The summed E-state index contributed by atoms with van der Waals surface area (Å²) in [5, 5.41) is 11.5. The number of aryl methyl sites for hydroxylation is 1. The first-order valence-electron chi connectivity index (χ1n) is 8.94. The van der Waals surface area contributed by atoms with Gasteiger partial charge in [0.2, 0.25) is 18.2 Å². The third-order valence-corrected chi connectivity index (χ3v) is 4.91. The van der Waals surface area contributed by atoms with Crippen LogP contribution in [-0.2, 0) is 16.9 Å². The molecule has 0 bridgehead atoms. The lowest BCUT2D eigenvalue weighted by molar-refractivity contribution is -0.274. The molecule has 0 fully saturated rings. The quantitative estimate of drug-likeness (QED) is 0.635. The predicted molar refractivity (Wildman–Crippen MR) is 94.4 cm³/mol. The number of fused-ring (bicyclic) bond motifs is 2. The van der Waals surface area contributed by atoms with E-state index in [1.54, 1.807) is 18.3 Å². The molecule has 0 unspecified atom stereocenters. The van der Waals surface area contributed by atoms with Crippen LogP contribution >= 0.6 is 0 Å². The topological polar surface area (TPSA) is 91.9 Å². The number of alkyl halides is 3. The van der Waals surface area contributed by atoms with E-state index in [9.17, 15) is 13.2 Å². The van der Waals surface area contributed by atoms with Gasteiger partial charge in [0.25, 0.3) is 0 Å². The smallest absolute Gasteiger partial charge is 0.438 e. The molecule has 8 nitrogen and oxygen atoms in total. The number of aromatic nitrogens is 3. The number of benzene rings is 1. The normalized spacial score (nSPS) is 20.0. The minimum atomic E-state index is -4.73. The van der Waals surface area contributed by atoms with Crippen LogP contribution in [0.5, 0.6) is 11.5 Å². The van der Waals surface area contributed by atoms with Crippen molar-refractivity contribution in [2.75, 3.05) is 0 Å². The van der Waals surface area contributed by atoms with Gasteiger partial charge in [-0.3, -0.25) is 4.98 Å². The van der Waals surface area contributed by atoms with E-state index in [4.69, 9.17) is 14.0 Å². The van der Waals surface area contributed by atoms with Crippen molar-refractivity contribution in [3.63, 3.8) is 0 Å². The van der Waals surface area contributed by atoms with Gasteiger partial charge in [0, 0.05) is 11.8 Å². The molecule has 0 radical (unpaired) electrons. The van der Waals surface area contributed by atoms with Gasteiger partial charge in [-0.2, -0.15) is 0 Å². The number of halogens is 3. The number of pyridine rings is 1. The van der Waals surface area contributed by atoms with Gasteiger partial charge in [-0.05, 0) is 36.6 Å². The van der Waals surface area contributed by atoms with E-state index in [1.165, 1.54) is 24.7 Å². The van der Waals surface area contributed by atoms with E-state index in [0.717, 1.165) is 11.1 Å². The maximum Gasteiger partial charge on any atom is 0.573 e. The van der Waals surface area contributed by atoms with Crippen molar-refractivity contribution < 1.29 is 31.9 Å². The number of oxime groups is 1. The van der Waals surface area contributed by atoms with Gasteiger partial charge in [-0.1, -0.05) is 11.2 Å². The van der Waals surface area contributed by atoms with Gasteiger partial charge in [-0.25, -0.2) is 0 Å². The molecule has 1 aliphatic heterocycles. The van der Waals surface area contributed by atoms with Crippen molar-refractivity contribution in [3.8, 4) is 23.0 Å². The first kappa shape index (κ1) is 18.4. The highest BCUT2D eigenvalue weighted by Crippen LogP contribution is 2.47. The molecule has 30 heavy (non-hydrogen) atoms. The SMILES string of the molecule is FC(F)(F)Oc1ccc2c(c1)CC[C@]21CC(Oc2cncc(-c3nnco3)c2)=NO1. The second-order valence-electron chi connectivity index (χ2n) is 6.87. The predicted octanol–water partition coefficient (Wildman–Crippen LogP) is 3.98. The second kappa shape index (κ2) is 6.71. The third-order valence-electron chi connectivity index (χ3n) is 4.91. The summed E-state index contributed by atoms with van der Waals surface area (Å²) >= 11 is 0. The van der Waals surface area contributed by atoms with Gasteiger partial charge < -0.3 is 18.7 Å². The van der Waals surface area contributed by atoms with Crippen molar-refractivity contribution in [2.45, 2.75) is 31.2 Å². The van der Waals surface area contributed by atoms with E-state index < -0.39 is 12.0 Å². The summed E-state index contributed by atoms with van der Waals surface area (Å²) in [6.45, 7) is 0. The van der Waals surface area contributed by atoms with Gasteiger partial charge in [0.05, 0.1) is 18.2 Å². The number of ether oxygens (including phenoxy) is 2. The molecule has 0 saturated carbocycles. The zero-order valence-corrected chi connectivity index (χ0v) is 15.2. The largest absolute Gasteiger partial charge is 0.573 e. The molecule has 0 N–H and O–H groups in total. The number of rotatable bonds is 3. The second-order valence-corrected chi connectivity index (χ2v) is 6.87. The Morgan fingerprint density at radius 1 is 1.10 bits per heavy atom. The van der Waals surface area contributed by atoms with Crippen molar-refractivity contribution in [1.29, 1.82) is 0 Å². The van der Waals surface area contributed by atoms with Crippen molar-refractivity contribution in [1.82, 2.24) is 15.2 Å². The first-order valence-corrected chi connectivity index (χ1v) is 8.94. The molecule has 1 spiro atoms. The summed E-state index contributed by atoms with van der Waals surface area (Å²) in [5.41, 5.74) is 1.33. The van der Waals surface area contributed by atoms with E-state index in [1.807, 2.05) is 0 Å². The monoisotopic (exact) mass is 418 g/mol. The highest BCUT2D eigenvalue weighted by atomic mass is 19.4. The van der Waals surface area contributed by atoms with E-state index in [-0.39, 0.29) is 5.75 Å². The van der Waals surface area contributed by atoms with Crippen LogP contribution in [0, 0.1) is 0 Å². The lowest BCUT2D eigenvalue weighted by Crippen LogP contribution is -2.24. The molecule has 0 amide bonds. The van der Waals surface area contributed by atoms with Crippen LogP contribution < -0.4 is 9.47 Å². The van der Waals surface area contributed by atoms with Crippen LogP contribution in [0.4, 0.5) is 13.2 Å². The Balaban J connectivity index is 1.32. The number of hydrogen-bond donors (Lipinski definition) is 0. The zero-order chi connectivity index (χ0) is 20.8. The Bertz CT molecular complexity index is 1120. The molecule has 3 heterocycles. The minimum Gasteiger partial charge on any atom is -0.438 e. The van der Waals surface area contributed by atoms with Crippen LogP contribution in [-0.4, -0.2) is 27.4 Å². The molecular formula is C19H13F3N4O4. The summed E-state index contributed by atoms with van der Waals surface area (Å²) < 4.78 is 52.3. The maximum atomic E-state index is 12.5. The summed E-state index contributed by atoms with van der Waals surface area (Å²) in [5.74, 6) is 0.799. The standard InChI is InChI=1S/C19H13F3N4O4/c20-19(21,22)29-13-1-2-15-11(5-13)3-4-18(15)7-16(26-30-18)28-14-6-12(8-23-9-14)17-25-24-10-27-17/h1-2,5-6,8-10H,3-4,7H2/t18-/m0/s1. The van der Waals surface area contributed by atoms with Gasteiger partial charge >= 0.3 is 6.36 Å². The van der Waals surface area contributed by atoms with Gasteiger partial charge in [0.15, 0.2) is 5.60 Å². The van der Waals surface area contributed by atoms with Crippen molar-refractivity contribution in [3.05, 3.63) is 54.2 Å². The third kappa shape index (κ3) is 3.42. The molecular weight excluding hydrogens is 405 g/mol. The summed E-state index contributed by atoms with van der Waals surface area (Å²) in [4.78, 5) is 9.79. The van der Waals surface area contributed by atoms with Crippen LogP contribution in [0.15, 0.2) is 52.6 Å². The highest BCUT2D eigenvalue weighted by Gasteiger charge is 2.47. The summed E-state index contributed by atoms with van der Waals surface area (Å²) in [6, 6.07) is 5.92. The molecule has 5 rings (SSSR count). The Labute approximate surface area is 167 Å². The highest BCUT2D eigenvalue weighted by molar-refractivity contribution is 5.81. The summed E-state index contributed by atoms with van der Waals surface area (Å²) in [7, 11) is 0. The minimum absolute atomic E-state index is 0.252. The van der Waals surface area contributed by atoms with E-state index in [0.29, 0.717) is 42.4 Å². The average molecular weight is 418 g/mol. The Hall–Kier alpha value is -3.63. The fourth-order valence-corrected chi connectivity index (χ4v) is 3.70. The van der Waals surface area contributed by atoms with E-state index in [2.05, 4.69) is 25.1 Å². The molecule has 2 aliphatic rings. The fourth-order valence-electron chi connectivity index (χ4n) is 3.70. The Morgan fingerprint density at radius 3 is 2.80 bits per heavy atom. The average Bonchev–Trinajstić information content (AvgIpc) is 3.43. The molecule has 154 valence electrons. The molecule has 3 aromatic rings. The van der Waals surface area contributed by atoms with Gasteiger partial charge in [-0.15, -0.1) is 23.4 Å². The van der Waals surface area contributed by atoms with Crippen LogP contribution in [0.2, 0.25) is 0 Å². The van der Waals surface area contributed by atoms with Crippen molar-refractivity contribution in [2.24, 2.45) is 5.16 Å². The Kier molecular flexibility index (Phi) is 4.12. The molecule has 1 aliphatic carbocycles. The van der Waals surface area contributed by atoms with Crippen LogP contribution in [0.1, 0.15) is 24.0 Å². The summed E-state index contributed by atoms with van der Waals surface area (Å²) in [6.07, 6.45) is 0.992. The molecule has 11 heteroatoms. The lowest BCUT2D eigenvalue weighted by atomic mass is 9.92. The van der Waals surface area contributed by atoms with Crippen molar-refractivity contribution >= 4 is 5.90 Å².